The fraction of sp³-hybridized carbons (Fsp3) is 0.125. The van der Waals surface area contributed by atoms with Gasteiger partial charge in [0.1, 0.15) is 0 Å². The van der Waals surface area contributed by atoms with Crippen molar-refractivity contribution in [1.82, 2.24) is 9.78 Å². The van der Waals surface area contributed by atoms with Gasteiger partial charge in [0.15, 0.2) is 0 Å². The van der Waals surface area contributed by atoms with Gasteiger partial charge in [-0.2, -0.15) is 0 Å². The molecule has 3 aromatic carbocycles. The molecule has 0 saturated carbocycles. The largest absolute Gasteiger partial charge is 0.415 e. The molecule has 0 aliphatic carbocycles. The van der Waals surface area contributed by atoms with Gasteiger partial charge in [0.05, 0.1) is 11.4 Å². The Morgan fingerprint density at radius 1 is 0.767 bits per heavy atom. The quantitative estimate of drug-likeness (QED) is 0.448. The van der Waals surface area contributed by atoms with Crippen LogP contribution in [0.25, 0.3) is 11.5 Å². The Hall–Kier alpha value is -3.44. The zero-order valence-electron chi connectivity index (χ0n) is 17.0. The van der Waals surface area contributed by atoms with Crippen LogP contribution in [0.1, 0.15) is 11.1 Å². The number of hydrogen-bond donors (Lipinski definition) is 0. The lowest BCUT2D eigenvalue weighted by atomic mass is 10.2. The molecule has 0 saturated heterocycles. The van der Waals surface area contributed by atoms with Crippen molar-refractivity contribution in [1.29, 1.82) is 0 Å². The summed E-state index contributed by atoms with van der Waals surface area (Å²) in [5.74, 6) is 0.433. The fourth-order valence-corrected chi connectivity index (χ4v) is 2.99. The third kappa shape index (κ3) is 4.58. The van der Waals surface area contributed by atoms with Crippen LogP contribution in [0.15, 0.2) is 87.2 Å². The number of benzene rings is 3. The van der Waals surface area contributed by atoms with E-state index in [0.29, 0.717) is 22.0 Å². The highest BCUT2D eigenvalue weighted by molar-refractivity contribution is 6.30. The van der Waals surface area contributed by atoms with E-state index in [-0.39, 0.29) is 0 Å². The summed E-state index contributed by atoms with van der Waals surface area (Å²) in [5, 5.41) is 5.21. The molecule has 1 aromatic heterocycles. The molecule has 0 atom stereocenters. The van der Waals surface area contributed by atoms with E-state index in [2.05, 4.69) is 5.10 Å². The van der Waals surface area contributed by atoms with Crippen LogP contribution in [0.5, 0.6) is 0 Å². The average Bonchev–Trinajstić information content (AvgIpc) is 2.74. The van der Waals surface area contributed by atoms with Crippen molar-refractivity contribution in [3.8, 4) is 11.5 Å². The van der Waals surface area contributed by atoms with Crippen molar-refractivity contribution in [3.05, 3.63) is 100.0 Å². The SMILES string of the molecule is Cc1ccc(N=c2oc(-c3ccc(Cl)cc3)nn(C)c2=Nc2ccc(C)cc2)cc1. The van der Waals surface area contributed by atoms with E-state index in [1.54, 1.807) is 16.8 Å². The van der Waals surface area contributed by atoms with Gasteiger partial charge >= 0.3 is 0 Å². The van der Waals surface area contributed by atoms with E-state index in [1.807, 2.05) is 81.6 Å². The second-order valence-corrected chi connectivity index (χ2v) is 7.50. The molecule has 150 valence electrons. The lowest BCUT2D eigenvalue weighted by molar-refractivity contribution is 0.434. The highest BCUT2D eigenvalue weighted by Gasteiger charge is 2.08. The molecule has 0 aliphatic rings. The average molecular weight is 417 g/mol. The van der Waals surface area contributed by atoms with Crippen LogP contribution in [0.2, 0.25) is 5.02 Å². The Morgan fingerprint density at radius 3 is 1.87 bits per heavy atom. The number of hydrogen-bond acceptors (Lipinski definition) is 4. The van der Waals surface area contributed by atoms with Gasteiger partial charge in [-0.3, -0.25) is 0 Å². The molecule has 6 heteroatoms. The van der Waals surface area contributed by atoms with Crippen molar-refractivity contribution in [3.63, 3.8) is 0 Å². The third-order valence-corrected chi connectivity index (χ3v) is 4.81. The molecular weight excluding hydrogens is 396 g/mol. The molecule has 1 heterocycles. The Kier molecular flexibility index (Phi) is 5.63. The lowest BCUT2D eigenvalue weighted by Crippen LogP contribution is -2.36. The van der Waals surface area contributed by atoms with Gasteiger partial charge in [0.2, 0.25) is 11.4 Å². The summed E-state index contributed by atoms with van der Waals surface area (Å²) in [6, 6.07) is 23.2. The van der Waals surface area contributed by atoms with Crippen LogP contribution < -0.4 is 11.0 Å². The van der Waals surface area contributed by atoms with Crippen LogP contribution in [0.4, 0.5) is 11.4 Å². The zero-order valence-corrected chi connectivity index (χ0v) is 17.8. The molecule has 0 spiro atoms. The van der Waals surface area contributed by atoms with E-state index >= 15 is 0 Å². The van der Waals surface area contributed by atoms with E-state index in [4.69, 9.17) is 26.0 Å². The van der Waals surface area contributed by atoms with Gasteiger partial charge in [0, 0.05) is 17.6 Å². The number of aromatic nitrogens is 2. The Balaban J connectivity index is 1.95. The van der Waals surface area contributed by atoms with Crippen molar-refractivity contribution >= 4 is 23.0 Å². The van der Waals surface area contributed by atoms with Crippen LogP contribution in [0.3, 0.4) is 0 Å². The van der Waals surface area contributed by atoms with Crippen LogP contribution in [0, 0.1) is 13.8 Å². The topological polar surface area (TPSA) is 55.7 Å². The van der Waals surface area contributed by atoms with Crippen molar-refractivity contribution in [2.24, 2.45) is 17.0 Å². The first-order chi connectivity index (χ1) is 14.5. The smallest absolute Gasteiger partial charge is 0.266 e. The molecule has 0 unspecified atom stereocenters. The van der Waals surface area contributed by atoms with Gasteiger partial charge in [0.25, 0.3) is 5.55 Å². The highest BCUT2D eigenvalue weighted by Crippen LogP contribution is 2.18. The Labute approximate surface area is 179 Å². The molecule has 0 bridgehead atoms. The number of aryl methyl sites for hydroxylation is 3. The minimum absolute atomic E-state index is 0.377. The summed E-state index contributed by atoms with van der Waals surface area (Å²) in [6.07, 6.45) is 0. The number of nitrogens with zero attached hydrogens (tertiary/aromatic N) is 4. The molecule has 0 N–H and O–H groups in total. The maximum Gasteiger partial charge on any atom is 0.266 e. The maximum atomic E-state index is 6.11. The Morgan fingerprint density at radius 2 is 1.30 bits per heavy atom. The summed E-state index contributed by atoms with van der Waals surface area (Å²) in [4.78, 5) is 9.45. The fourth-order valence-electron chi connectivity index (χ4n) is 2.86. The van der Waals surface area contributed by atoms with Gasteiger partial charge in [-0.15, -0.1) is 5.10 Å². The summed E-state index contributed by atoms with van der Waals surface area (Å²) in [5.41, 5.74) is 5.61. The molecule has 0 radical (unpaired) electrons. The first-order valence-electron chi connectivity index (χ1n) is 9.55. The van der Waals surface area contributed by atoms with Crippen LogP contribution >= 0.6 is 11.6 Å². The van der Waals surface area contributed by atoms with Gasteiger partial charge in [-0.1, -0.05) is 47.0 Å². The second kappa shape index (κ2) is 8.51. The first-order valence-corrected chi connectivity index (χ1v) is 9.93. The Bertz CT molecular complexity index is 1300. The number of halogens is 1. The molecule has 0 aliphatic heterocycles. The van der Waals surface area contributed by atoms with Crippen LogP contribution in [-0.4, -0.2) is 9.78 Å². The van der Waals surface area contributed by atoms with E-state index in [0.717, 1.165) is 22.5 Å². The minimum atomic E-state index is 0.377. The predicted molar refractivity (Wildman–Crippen MR) is 119 cm³/mol. The second-order valence-electron chi connectivity index (χ2n) is 7.06. The van der Waals surface area contributed by atoms with Gasteiger partial charge in [-0.05, 0) is 62.4 Å². The number of rotatable bonds is 3. The first kappa shape index (κ1) is 19.9. The summed E-state index contributed by atoms with van der Waals surface area (Å²) in [7, 11) is 1.83. The zero-order chi connectivity index (χ0) is 21.1. The maximum absolute atomic E-state index is 6.11. The molecule has 0 amide bonds. The van der Waals surface area contributed by atoms with Crippen molar-refractivity contribution in [2.75, 3.05) is 0 Å². The van der Waals surface area contributed by atoms with Crippen LogP contribution in [-0.2, 0) is 7.05 Å². The highest BCUT2D eigenvalue weighted by atomic mass is 35.5. The van der Waals surface area contributed by atoms with Gasteiger partial charge < -0.3 is 4.42 Å². The standard InChI is InChI=1S/C24H21ClN4O/c1-16-4-12-20(13-5-16)26-22-24(27-21-14-6-17(2)7-15-21)30-23(28-29(22)3)18-8-10-19(25)11-9-18/h4-15H,1-3H3. The monoisotopic (exact) mass is 416 g/mol. The summed E-state index contributed by atoms with van der Waals surface area (Å²) >= 11 is 6.02. The minimum Gasteiger partial charge on any atom is -0.415 e. The molecule has 5 nitrogen and oxygen atoms in total. The summed E-state index contributed by atoms with van der Waals surface area (Å²) in [6.45, 7) is 4.08. The lowest BCUT2D eigenvalue weighted by Gasteiger charge is -2.05. The van der Waals surface area contributed by atoms with Crippen molar-refractivity contribution in [2.45, 2.75) is 13.8 Å². The molecule has 4 rings (SSSR count). The van der Waals surface area contributed by atoms with Gasteiger partial charge in [-0.25, -0.2) is 14.7 Å². The molecule has 4 aromatic rings. The summed E-state index contributed by atoms with van der Waals surface area (Å²) < 4.78 is 7.79. The van der Waals surface area contributed by atoms with E-state index in [1.165, 1.54) is 5.56 Å². The normalized spacial score (nSPS) is 12.4. The van der Waals surface area contributed by atoms with E-state index in [9.17, 15) is 0 Å². The third-order valence-electron chi connectivity index (χ3n) is 4.56. The predicted octanol–water partition coefficient (Wildman–Crippen LogP) is 5.42. The molecule has 30 heavy (non-hydrogen) atoms. The van der Waals surface area contributed by atoms with Crippen molar-refractivity contribution < 1.29 is 4.42 Å². The van der Waals surface area contributed by atoms with E-state index < -0.39 is 0 Å². The molecule has 0 fully saturated rings. The molecular formula is C24H21ClN4O.